The minimum atomic E-state index is -5.11. The first kappa shape index (κ1) is 13.4. The van der Waals surface area contributed by atoms with Crippen molar-refractivity contribution >= 4 is 40.8 Å². The van der Waals surface area contributed by atoms with Crippen molar-refractivity contribution in [2.45, 2.75) is 6.18 Å². The van der Waals surface area contributed by atoms with Crippen LogP contribution in [0.1, 0.15) is 0 Å². The fourth-order valence-electron chi connectivity index (χ4n) is 0.764. The van der Waals surface area contributed by atoms with Gasteiger partial charge in [-0.2, -0.15) is 13.2 Å². The van der Waals surface area contributed by atoms with E-state index in [0.717, 1.165) is 6.07 Å². The van der Waals surface area contributed by atoms with E-state index in [1.165, 1.54) is 6.07 Å². The SMILES string of the molecule is O=C(Oc1cc(Cl)cc(Cl)c1Cl)C(F)(F)F. The number of alkyl halides is 3. The quantitative estimate of drug-likeness (QED) is 0.442. The van der Waals surface area contributed by atoms with Crippen molar-refractivity contribution in [1.82, 2.24) is 0 Å². The molecule has 0 saturated carbocycles. The minimum absolute atomic E-state index is 0.000579. The summed E-state index contributed by atoms with van der Waals surface area (Å²) >= 11 is 16.6. The van der Waals surface area contributed by atoms with Crippen molar-refractivity contribution < 1.29 is 22.7 Å². The second-order valence-corrected chi connectivity index (χ2v) is 3.81. The maximum absolute atomic E-state index is 11.9. The van der Waals surface area contributed by atoms with Crippen LogP contribution in [0.5, 0.6) is 5.75 Å². The van der Waals surface area contributed by atoms with E-state index in [1.807, 2.05) is 0 Å². The highest BCUT2D eigenvalue weighted by atomic mass is 35.5. The molecule has 0 N–H and O–H groups in total. The summed E-state index contributed by atoms with van der Waals surface area (Å²) in [5, 5.41) is -0.429. The van der Waals surface area contributed by atoms with Gasteiger partial charge in [0.2, 0.25) is 0 Å². The molecular weight excluding hydrogens is 291 g/mol. The number of hydrogen-bond acceptors (Lipinski definition) is 2. The molecule has 1 aromatic carbocycles. The standard InChI is InChI=1S/C8H2Cl3F3O2/c9-3-1-4(10)6(11)5(2-3)16-7(15)8(12,13)14/h1-2H. The van der Waals surface area contributed by atoms with Crippen LogP contribution in [0.2, 0.25) is 15.1 Å². The molecule has 0 aliphatic carbocycles. The van der Waals surface area contributed by atoms with E-state index in [2.05, 4.69) is 4.74 Å². The molecular formula is C8H2Cl3F3O2. The number of hydrogen-bond donors (Lipinski definition) is 0. The maximum atomic E-state index is 11.9. The monoisotopic (exact) mass is 292 g/mol. The summed E-state index contributed by atoms with van der Waals surface area (Å²) in [6, 6.07) is 2.16. The highest BCUT2D eigenvalue weighted by Crippen LogP contribution is 2.36. The summed E-state index contributed by atoms with van der Waals surface area (Å²) in [6.07, 6.45) is -5.11. The van der Waals surface area contributed by atoms with Gasteiger partial charge >= 0.3 is 12.1 Å². The number of benzene rings is 1. The Morgan fingerprint density at radius 2 is 1.75 bits per heavy atom. The number of halogens is 6. The maximum Gasteiger partial charge on any atom is 0.491 e. The zero-order valence-electron chi connectivity index (χ0n) is 7.24. The molecule has 0 spiro atoms. The highest BCUT2D eigenvalue weighted by Gasteiger charge is 2.41. The number of rotatable bonds is 1. The predicted octanol–water partition coefficient (Wildman–Crippen LogP) is 4.11. The Morgan fingerprint density at radius 1 is 1.19 bits per heavy atom. The molecule has 0 fully saturated rings. The molecule has 0 saturated heterocycles. The summed E-state index contributed by atoms with van der Waals surface area (Å²) in [6.45, 7) is 0. The Morgan fingerprint density at radius 3 is 2.25 bits per heavy atom. The Hall–Kier alpha value is -0.650. The fraction of sp³-hybridized carbons (Fsp3) is 0.125. The minimum Gasteiger partial charge on any atom is -0.418 e. The Balaban J connectivity index is 3.03. The summed E-state index contributed by atoms with van der Waals surface area (Å²) < 4.78 is 39.7. The van der Waals surface area contributed by atoms with Crippen LogP contribution in [0.3, 0.4) is 0 Å². The van der Waals surface area contributed by atoms with Crippen LogP contribution in [0, 0.1) is 0 Å². The van der Waals surface area contributed by atoms with Crippen molar-refractivity contribution in [1.29, 1.82) is 0 Å². The van der Waals surface area contributed by atoms with Gasteiger partial charge in [0.25, 0.3) is 0 Å². The zero-order chi connectivity index (χ0) is 12.5. The van der Waals surface area contributed by atoms with E-state index in [1.54, 1.807) is 0 Å². The number of ether oxygens (including phenoxy) is 1. The first-order chi connectivity index (χ1) is 7.21. The van der Waals surface area contributed by atoms with Gasteiger partial charge in [0, 0.05) is 11.1 Å². The Kier molecular flexibility index (Phi) is 3.93. The zero-order valence-corrected chi connectivity index (χ0v) is 9.51. The largest absolute Gasteiger partial charge is 0.491 e. The van der Waals surface area contributed by atoms with Crippen LogP contribution in [0.15, 0.2) is 12.1 Å². The van der Waals surface area contributed by atoms with E-state index < -0.39 is 17.9 Å². The van der Waals surface area contributed by atoms with E-state index in [0.29, 0.717) is 0 Å². The third kappa shape index (κ3) is 3.17. The molecule has 0 aromatic heterocycles. The van der Waals surface area contributed by atoms with Crippen molar-refractivity contribution in [3.8, 4) is 5.75 Å². The first-order valence-electron chi connectivity index (χ1n) is 3.65. The van der Waals surface area contributed by atoms with Gasteiger partial charge in [-0.25, -0.2) is 4.79 Å². The summed E-state index contributed by atoms with van der Waals surface area (Å²) in [5.41, 5.74) is 0. The van der Waals surface area contributed by atoms with Gasteiger partial charge < -0.3 is 4.74 Å². The van der Waals surface area contributed by atoms with Crippen molar-refractivity contribution in [2.75, 3.05) is 0 Å². The van der Waals surface area contributed by atoms with Crippen molar-refractivity contribution in [3.63, 3.8) is 0 Å². The first-order valence-corrected chi connectivity index (χ1v) is 4.78. The van der Waals surface area contributed by atoms with E-state index in [-0.39, 0.29) is 15.1 Å². The average Bonchev–Trinajstić information content (AvgIpc) is 2.11. The van der Waals surface area contributed by atoms with Crippen LogP contribution in [0.25, 0.3) is 0 Å². The predicted molar refractivity (Wildman–Crippen MR) is 53.2 cm³/mol. The fourth-order valence-corrected chi connectivity index (χ4v) is 1.39. The summed E-state index contributed by atoms with van der Waals surface area (Å²) in [7, 11) is 0. The number of esters is 1. The molecule has 0 amide bonds. The van der Waals surface area contributed by atoms with Gasteiger partial charge in [0.1, 0.15) is 5.02 Å². The van der Waals surface area contributed by atoms with Gasteiger partial charge in [-0.05, 0) is 6.07 Å². The van der Waals surface area contributed by atoms with Crippen molar-refractivity contribution in [3.05, 3.63) is 27.2 Å². The van der Waals surface area contributed by atoms with E-state index >= 15 is 0 Å². The number of carbonyl (C=O) groups excluding carboxylic acids is 1. The van der Waals surface area contributed by atoms with Crippen molar-refractivity contribution in [2.24, 2.45) is 0 Å². The van der Waals surface area contributed by atoms with Crippen LogP contribution in [0.4, 0.5) is 13.2 Å². The normalized spacial score (nSPS) is 11.4. The van der Waals surface area contributed by atoms with Gasteiger partial charge in [-0.15, -0.1) is 0 Å². The smallest absolute Gasteiger partial charge is 0.418 e. The lowest BCUT2D eigenvalue weighted by Gasteiger charge is -2.09. The molecule has 16 heavy (non-hydrogen) atoms. The molecule has 8 heteroatoms. The molecule has 2 nitrogen and oxygen atoms in total. The third-order valence-electron chi connectivity index (χ3n) is 1.39. The molecule has 1 aromatic rings. The Labute approximate surface area is 103 Å². The molecule has 1 rings (SSSR count). The molecule has 0 heterocycles. The van der Waals surface area contributed by atoms with Gasteiger partial charge in [-0.3, -0.25) is 0 Å². The van der Waals surface area contributed by atoms with Gasteiger partial charge in [0.15, 0.2) is 5.75 Å². The Bertz CT molecular complexity index is 431. The molecule has 0 atom stereocenters. The summed E-state index contributed by atoms with van der Waals surface area (Å²) in [4.78, 5) is 10.5. The summed E-state index contributed by atoms with van der Waals surface area (Å²) in [5.74, 6) is -2.94. The number of carbonyl (C=O) groups is 1. The molecule has 0 aliphatic heterocycles. The molecule has 0 aliphatic rings. The van der Waals surface area contributed by atoms with E-state index in [4.69, 9.17) is 34.8 Å². The second kappa shape index (κ2) is 4.69. The third-order valence-corrected chi connectivity index (χ3v) is 2.40. The molecule has 0 radical (unpaired) electrons. The molecule has 0 bridgehead atoms. The highest BCUT2D eigenvalue weighted by molar-refractivity contribution is 6.44. The van der Waals surface area contributed by atoms with E-state index in [9.17, 15) is 18.0 Å². The lowest BCUT2D eigenvalue weighted by atomic mass is 10.3. The van der Waals surface area contributed by atoms with Gasteiger partial charge in [-0.1, -0.05) is 34.8 Å². The van der Waals surface area contributed by atoms with Gasteiger partial charge in [0.05, 0.1) is 5.02 Å². The lowest BCUT2D eigenvalue weighted by Crippen LogP contribution is -2.28. The molecule has 88 valence electrons. The van der Waals surface area contributed by atoms with Crippen LogP contribution < -0.4 is 4.74 Å². The average molecular weight is 293 g/mol. The van der Waals surface area contributed by atoms with Crippen LogP contribution in [-0.4, -0.2) is 12.1 Å². The van der Waals surface area contributed by atoms with Crippen LogP contribution in [-0.2, 0) is 4.79 Å². The lowest BCUT2D eigenvalue weighted by molar-refractivity contribution is -0.189. The van der Waals surface area contributed by atoms with Crippen LogP contribution >= 0.6 is 34.8 Å². The topological polar surface area (TPSA) is 26.3 Å². The molecule has 0 unspecified atom stereocenters. The second-order valence-electron chi connectivity index (χ2n) is 2.59.